The molecule has 0 amide bonds. The van der Waals surface area contributed by atoms with E-state index < -0.39 is 20.9 Å². The second kappa shape index (κ2) is 10.8. The van der Waals surface area contributed by atoms with Gasteiger partial charge in [-0.05, 0) is 62.1 Å². The zero-order valence-corrected chi connectivity index (χ0v) is 19.6. The van der Waals surface area contributed by atoms with Crippen LogP contribution in [-0.4, -0.2) is 42.9 Å². The molecular formula is C24H33NO5S. The van der Waals surface area contributed by atoms with E-state index in [0.717, 1.165) is 11.1 Å². The first-order valence-corrected chi connectivity index (χ1v) is 11.7. The number of aliphatic hydroxyl groups is 1. The molecule has 1 atom stereocenters. The van der Waals surface area contributed by atoms with Gasteiger partial charge in [-0.25, -0.2) is 8.42 Å². The van der Waals surface area contributed by atoms with Gasteiger partial charge in [-0.1, -0.05) is 30.3 Å². The number of benzene rings is 2. The van der Waals surface area contributed by atoms with Gasteiger partial charge in [0.1, 0.15) is 16.7 Å². The number of hydrogen-bond donors (Lipinski definition) is 1. The third-order valence-corrected chi connectivity index (χ3v) is 7.69. The van der Waals surface area contributed by atoms with E-state index in [1.165, 1.54) is 18.2 Å². The maximum atomic E-state index is 13.7. The van der Waals surface area contributed by atoms with Crippen molar-refractivity contribution in [2.75, 3.05) is 14.2 Å². The number of hydrogen-bond acceptors (Lipinski definition) is 5. The fourth-order valence-corrected chi connectivity index (χ4v) is 5.60. The second-order valence-electron chi connectivity index (χ2n) is 8.02. The van der Waals surface area contributed by atoms with Crippen LogP contribution in [0.1, 0.15) is 37.8 Å². The molecule has 2 aromatic rings. The van der Waals surface area contributed by atoms with Gasteiger partial charge < -0.3 is 14.6 Å². The minimum Gasteiger partial charge on any atom is -0.497 e. The Morgan fingerprint density at radius 1 is 0.968 bits per heavy atom. The van der Waals surface area contributed by atoms with Crippen molar-refractivity contribution in [2.45, 2.75) is 50.6 Å². The van der Waals surface area contributed by atoms with Crippen LogP contribution >= 0.6 is 0 Å². The maximum absolute atomic E-state index is 13.7. The summed E-state index contributed by atoms with van der Waals surface area (Å²) in [5, 5.41) is 9.72. The lowest BCUT2D eigenvalue weighted by Crippen LogP contribution is -2.48. The van der Waals surface area contributed by atoms with Crippen molar-refractivity contribution in [1.82, 2.24) is 4.31 Å². The molecular weight excluding hydrogens is 414 g/mol. The first-order valence-electron chi connectivity index (χ1n) is 10.2. The summed E-state index contributed by atoms with van der Waals surface area (Å²) in [6, 6.07) is 14.6. The average Bonchev–Trinajstić information content (AvgIpc) is 2.73. The van der Waals surface area contributed by atoms with E-state index in [1.54, 1.807) is 44.6 Å². The average molecular weight is 448 g/mol. The number of rotatable bonds is 12. The lowest BCUT2D eigenvalue weighted by atomic mass is 10.0. The van der Waals surface area contributed by atoms with Gasteiger partial charge in [-0.3, -0.25) is 0 Å². The standard InChI is InChI=1S/C24H33NO5S/c1-6-7-8-23(24(2,3)26)31(27,28)25(17-19-9-13-21(29-4)14-10-19)18-20-11-15-22(30-5)16-12-20/h6,9-16,23,26H,1,7-8,17-18H2,2-5H3/t23-/m1/s1. The first kappa shape index (κ1) is 24.9. The highest BCUT2D eigenvalue weighted by molar-refractivity contribution is 7.89. The molecule has 1 N–H and O–H groups in total. The van der Waals surface area contributed by atoms with Crippen molar-refractivity contribution < 1.29 is 23.0 Å². The zero-order valence-electron chi connectivity index (χ0n) is 18.7. The van der Waals surface area contributed by atoms with Gasteiger partial charge in [0.2, 0.25) is 10.0 Å². The van der Waals surface area contributed by atoms with Crippen molar-refractivity contribution in [3.05, 3.63) is 72.3 Å². The van der Waals surface area contributed by atoms with Crippen molar-refractivity contribution in [1.29, 1.82) is 0 Å². The van der Waals surface area contributed by atoms with E-state index in [4.69, 9.17) is 9.47 Å². The topological polar surface area (TPSA) is 76.1 Å². The molecule has 7 heteroatoms. The molecule has 0 aliphatic heterocycles. The lowest BCUT2D eigenvalue weighted by Gasteiger charge is -2.34. The number of methoxy groups -OCH3 is 2. The zero-order chi connectivity index (χ0) is 23.1. The van der Waals surface area contributed by atoms with Gasteiger partial charge >= 0.3 is 0 Å². The van der Waals surface area contributed by atoms with Gasteiger partial charge in [0, 0.05) is 13.1 Å². The minimum atomic E-state index is -3.85. The smallest absolute Gasteiger partial charge is 0.220 e. The van der Waals surface area contributed by atoms with Crippen LogP contribution in [0.4, 0.5) is 0 Å². The van der Waals surface area contributed by atoms with Crippen LogP contribution in [0.25, 0.3) is 0 Å². The van der Waals surface area contributed by atoms with Gasteiger partial charge in [-0.2, -0.15) is 4.31 Å². The van der Waals surface area contributed by atoms with Crippen LogP contribution in [0, 0.1) is 0 Å². The Morgan fingerprint density at radius 2 is 1.39 bits per heavy atom. The molecule has 0 aliphatic carbocycles. The van der Waals surface area contributed by atoms with E-state index in [9.17, 15) is 13.5 Å². The second-order valence-corrected chi connectivity index (χ2v) is 10.1. The number of sulfonamides is 1. The summed E-state index contributed by atoms with van der Waals surface area (Å²) in [6.07, 6.45) is 2.45. The number of ether oxygens (including phenoxy) is 2. The molecule has 0 saturated heterocycles. The largest absolute Gasteiger partial charge is 0.497 e. The van der Waals surface area contributed by atoms with E-state index in [0.29, 0.717) is 17.9 Å². The fourth-order valence-electron chi connectivity index (χ4n) is 3.42. The molecule has 2 rings (SSSR count). The van der Waals surface area contributed by atoms with Crippen LogP contribution in [0.2, 0.25) is 0 Å². The van der Waals surface area contributed by atoms with Gasteiger partial charge in [0.25, 0.3) is 0 Å². The lowest BCUT2D eigenvalue weighted by molar-refractivity contribution is 0.0703. The summed E-state index contributed by atoms with van der Waals surface area (Å²) in [5.74, 6) is 1.40. The SMILES string of the molecule is C=CCC[C@H](C(C)(C)O)S(=O)(=O)N(Cc1ccc(OC)cc1)Cc1ccc(OC)cc1. The highest BCUT2D eigenvalue weighted by Gasteiger charge is 2.41. The van der Waals surface area contributed by atoms with Crippen molar-refractivity contribution >= 4 is 10.0 Å². The summed E-state index contributed by atoms with van der Waals surface area (Å²) < 4.78 is 39.3. The Hall–Kier alpha value is -2.35. The Balaban J connectivity index is 2.42. The summed E-state index contributed by atoms with van der Waals surface area (Å²) in [4.78, 5) is 0. The van der Waals surface area contributed by atoms with E-state index in [-0.39, 0.29) is 19.5 Å². The predicted molar refractivity (Wildman–Crippen MR) is 124 cm³/mol. The third kappa shape index (κ3) is 6.82. The molecule has 0 unspecified atom stereocenters. The molecule has 0 bridgehead atoms. The first-order chi connectivity index (χ1) is 14.6. The van der Waals surface area contributed by atoms with Crippen LogP contribution in [0.15, 0.2) is 61.2 Å². The summed E-state index contributed by atoms with van der Waals surface area (Å²) in [6.45, 7) is 7.13. The van der Waals surface area contributed by atoms with Crippen molar-refractivity contribution in [3.63, 3.8) is 0 Å². The number of nitrogens with zero attached hydrogens (tertiary/aromatic N) is 1. The fraction of sp³-hybridized carbons (Fsp3) is 0.417. The van der Waals surface area contributed by atoms with Crippen LogP contribution in [0.5, 0.6) is 11.5 Å². The van der Waals surface area contributed by atoms with E-state index in [1.807, 2.05) is 24.3 Å². The molecule has 0 saturated carbocycles. The molecule has 0 fully saturated rings. The molecule has 0 radical (unpaired) electrons. The molecule has 0 heterocycles. The summed E-state index contributed by atoms with van der Waals surface area (Å²) >= 11 is 0. The van der Waals surface area contributed by atoms with Crippen molar-refractivity contribution in [3.8, 4) is 11.5 Å². The van der Waals surface area contributed by atoms with E-state index >= 15 is 0 Å². The molecule has 2 aromatic carbocycles. The van der Waals surface area contributed by atoms with Gasteiger partial charge in [-0.15, -0.1) is 6.58 Å². The molecule has 0 spiro atoms. The molecule has 170 valence electrons. The summed E-state index contributed by atoms with van der Waals surface area (Å²) in [5.41, 5.74) is 0.257. The predicted octanol–water partition coefficient (Wildman–Crippen LogP) is 4.14. The Bertz CT molecular complexity index is 882. The Labute approximate surface area is 186 Å². The van der Waals surface area contributed by atoms with Gasteiger partial charge in [0.15, 0.2) is 0 Å². The summed E-state index contributed by atoms with van der Waals surface area (Å²) in [7, 11) is -0.675. The highest BCUT2D eigenvalue weighted by Crippen LogP contribution is 2.28. The Morgan fingerprint density at radius 3 is 1.71 bits per heavy atom. The van der Waals surface area contributed by atoms with Crippen LogP contribution in [-0.2, 0) is 23.1 Å². The molecule has 0 aliphatic rings. The van der Waals surface area contributed by atoms with Crippen molar-refractivity contribution in [2.24, 2.45) is 0 Å². The molecule has 0 aromatic heterocycles. The molecule has 31 heavy (non-hydrogen) atoms. The number of allylic oxidation sites excluding steroid dienone is 1. The quantitative estimate of drug-likeness (QED) is 0.495. The maximum Gasteiger partial charge on any atom is 0.220 e. The molecule has 6 nitrogen and oxygen atoms in total. The monoisotopic (exact) mass is 447 g/mol. The van der Waals surface area contributed by atoms with Crippen LogP contribution < -0.4 is 9.47 Å². The minimum absolute atomic E-state index is 0.180. The Kier molecular flexibility index (Phi) is 8.68. The highest BCUT2D eigenvalue weighted by atomic mass is 32.2. The van der Waals surface area contributed by atoms with E-state index in [2.05, 4.69) is 6.58 Å². The van der Waals surface area contributed by atoms with Gasteiger partial charge in [0.05, 0.1) is 19.8 Å². The normalized spacial score (nSPS) is 13.1. The third-order valence-electron chi connectivity index (χ3n) is 5.18. The van der Waals surface area contributed by atoms with Crippen LogP contribution in [0.3, 0.4) is 0 Å².